The summed E-state index contributed by atoms with van der Waals surface area (Å²) in [7, 11) is 1.79. The lowest BCUT2D eigenvalue weighted by molar-refractivity contribution is 0.131. The van der Waals surface area contributed by atoms with Crippen LogP contribution in [-0.4, -0.2) is 54.4 Å². The fraction of sp³-hybridized carbons (Fsp3) is 0.565. The Bertz CT molecular complexity index is 797. The van der Waals surface area contributed by atoms with Gasteiger partial charge >= 0.3 is 0 Å². The quantitative estimate of drug-likeness (QED) is 0.811. The second-order valence-corrected chi connectivity index (χ2v) is 8.91. The Kier molecular flexibility index (Phi) is 4.71. The molecule has 2 aliphatic heterocycles. The van der Waals surface area contributed by atoms with Crippen molar-refractivity contribution in [1.82, 2.24) is 15.1 Å². The van der Waals surface area contributed by atoms with Gasteiger partial charge in [0.15, 0.2) is 0 Å². The summed E-state index contributed by atoms with van der Waals surface area (Å²) in [5.41, 5.74) is 3.16. The molecule has 2 saturated heterocycles. The first kappa shape index (κ1) is 17.9. The van der Waals surface area contributed by atoms with Crippen molar-refractivity contribution in [2.24, 2.45) is 5.41 Å². The van der Waals surface area contributed by atoms with Crippen molar-refractivity contribution in [3.05, 3.63) is 48.3 Å². The molecule has 0 amide bonds. The molecule has 148 valence electrons. The summed E-state index contributed by atoms with van der Waals surface area (Å²) < 4.78 is 5.59. The highest BCUT2D eigenvalue weighted by atomic mass is 16.5. The van der Waals surface area contributed by atoms with E-state index in [0.717, 1.165) is 11.8 Å². The average Bonchev–Trinajstić information content (AvgIpc) is 3.19. The Morgan fingerprint density at radius 1 is 1.04 bits per heavy atom. The highest BCUT2D eigenvalue weighted by Gasteiger charge is 2.49. The molecule has 28 heavy (non-hydrogen) atoms. The summed E-state index contributed by atoms with van der Waals surface area (Å²) in [6.45, 7) is 4.82. The lowest BCUT2D eigenvalue weighted by atomic mass is 9.77. The van der Waals surface area contributed by atoms with Crippen molar-refractivity contribution in [3.8, 4) is 5.75 Å². The Morgan fingerprint density at radius 2 is 1.86 bits per heavy atom. The van der Waals surface area contributed by atoms with E-state index in [1.165, 1.54) is 69.5 Å². The monoisotopic (exact) mass is 378 g/mol. The van der Waals surface area contributed by atoms with Gasteiger partial charge in [0.05, 0.1) is 25.2 Å². The summed E-state index contributed by atoms with van der Waals surface area (Å²) in [5, 5.41) is 7.92. The zero-order valence-electron chi connectivity index (χ0n) is 16.8. The molecule has 5 rings (SSSR count). The number of nitrogens with zero attached hydrogens (tertiary/aromatic N) is 4. The van der Waals surface area contributed by atoms with Crippen LogP contribution in [0.25, 0.3) is 0 Å². The SMILES string of the molecule is COc1ccccc1C1CCN([C@@H]2CCC3(C2)CN(c2ccnnc2)C3)CC1. The van der Waals surface area contributed by atoms with Crippen molar-refractivity contribution >= 4 is 5.69 Å². The zero-order chi connectivity index (χ0) is 19.0. The van der Waals surface area contributed by atoms with Crippen molar-refractivity contribution in [2.75, 3.05) is 38.2 Å². The third kappa shape index (κ3) is 3.26. The van der Waals surface area contributed by atoms with E-state index < -0.39 is 0 Å². The van der Waals surface area contributed by atoms with Gasteiger partial charge in [0, 0.05) is 24.5 Å². The van der Waals surface area contributed by atoms with Crippen LogP contribution in [0.3, 0.4) is 0 Å². The van der Waals surface area contributed by atoms with Crippen LogP contribution in [0.5, 0.6) is 5.75 Å². The predicted octanol–water partition coefficient (Wildman–Crippen LogP) is 3.72. The van der Waals surface area contributed by atoms with Crippen molar-refractivity contribution in [2.45, 2.75) is 44.1 Å². The molecule has 0 N–H and O–H groups in total. The van der Waals surface area contributed by atoms with Crippen LogP contribution >= 0.6 is 0 Å². The lowest BCUT2D eigenvalue weighted by Crippen LogP contribution is -2.56. The minimum Gasteiger partial charge on any atom is -0.496 e. The second kappa shape index (κ2) is 7.36. The summed E-state index contributed by atoms with van der Waals surface area (Å²) in [5.74, 6) is 1.70. The van der Waals surface area contributed by atoms with Crippen LogP contribution in [-0.2, 0) is 0 Å². The van der Waals surface area contributed by atoms with Gasteiger partial charge in [-0.25, -0.2) is 0 Å². The molecule has 5 nitrogen and oxygen atoms in total. The van der Waals surface area contributed by atoms with E-state index in [9.17, 15) is 0 Å². The molecule has 0 radical (unpaired) electrons. The molecule has 1 aromatic heterocycles. The Labute approximate surface area is 167 Å². The van der Waals surface area contributed by atoms with Crippen molar-refractivity contribution in [1.29, 1.82) is 0 Å². The number of anilines is 1. The molecule has 0 unspecified atom stereocenters. The maximum Gasteiger partial charge on any atom is 0.122 e. The Hall–Kier alpha value is -2.14. The molecule has 3 fully saturated rings. The van der Waals surface area contributed by atoms with E-state index in [4.69, 9.17) is 4.74 Å². The van der Waals surface area contributed by atoms with Crippen LogP contribution in [0.15, 0.2) is 42.7 Å². The predicted molar refractivity (Wildman–Crippen MR) is 111 cm³/mol. The zero-order valence-corrected chi connectivity index (χ0v) is 16.8. The van der Waals surface area contributed by atoms with Crippen molar-refractivity contribution < 1.29 is 4.74 Å². The van der Waals surface area contributed by atoms with Gasteiger partial charge < -0.3 is 14.5 Å². The minimum atomic E-state index is 0.535. The van der Waals surface area contributed by atoms with Gasteiger partial charge in [-0.2, -0.15) is 10.2 Å². The normalized spacial score (nSPS) is 25.0. The second-order valence-electron chi connectivity index (χ2n) is 8.91. The average molecular weight is 379 g/mol. The Morgan fingerprint density at radius 3 is 2.61 bits per heavy atom. The summed E-state index contributed by atoms with van der Waals surface area (Å²) >= 11 is 0. The molecule has 3 aliphatic rings. The molecular weight excluding hydrogens is 348 g/mol. The number of likely N-dealkylation sites (tertiary alicyclic amines) is 1. The highest BCUT2D eigenvalue weighted by molar-refractivity contribution is 5.47. The van der Waals surface area contributed by atoms with Gasteiger partial charge in [-0.15, -0.1) is 0 Å². The molecule has 0 bridgehead atoms. The maximum absolute atomic E-state index is 5.59. The molecule has 1 aliphatic carbocycles. The van der Waals surface area contributed by atoms with Crippen LogP contribution < -0.4 is 9.64 Å². The van der Waals surface area contributed by atoms with Gasteiger partial charge in [-0.3, -0.25) is 0 Å². The van der Waals surface area contributed by atoms with Gasteiger partial charge in [0.2, 0.25) is 0 Å². The van der Waals surface area contributed by atoms with E-state index in [2.05, 4.69) is 50.3 Å². The first-order valence-corrected chi connectivity index (χ1v) is 10.6. The largest absolute Gasteiger partial charge is 0.496 e. The van der Waals surface area contributed by atoms with E-state index in [1.54, 1.807) is 13.3 Å². The number of rotatable bonds is 4. The number of methoxy groups -OCH3 is 1. The Balaban J connectivity index is 1.15. The van der Waals surface area contributed by atoms with Gasteiger partial charge in [0.1, 0.15) is 5.75 Å². The van der Waals surface area contributed by atoms with E-state index in [-0.39, 0.29) is 0 Å². The standard InChI is InChI=1S/C23H30N4O/c1-28-22-5-3-2-4-21(22)18-8-12-26(13-9-18)19-6-10-23(14-19)16-27(17-23)20-7-11-24-25-15-20/h2-5,7,11,15,18-19H,6,8-10,12-14,16-17H2,1H3/t19-/m1/s1. The molecular formula is C23H30N4O. The topological polar surface area (TPSA) is 41.5 Å². The van der Waals surface area contributed by atoms with Gasteiger partial charge in [-0.1, -0.05) is 18.2 Å². The van der Waals surface area contributed by atoms with E-state index >= 15 is 0 Å². The fourth-order valence-electron chi connectivity index (χ4n) is 5.77. The number of hydrogen-bond donors (Lipinski definition) is 0. The molecule has 1 atom stereocenters. The fourth-order valence-corrected chi connectivity index (χ4v) is 5.77. The lowest BCUT2D eigenvalue weighted by Gasteiger charge is -2.50. The smallest absolute Gasteiger partial charge is 0.122 e. The first-order chi connectivity index (χ1) is 13.8. The first-order valence-electron chi connectivity index (χ1n) is 10.6. The summed E-state index contributed by atoms with van der Waals surface area (Å²) in [4.78, 5) is 5.24. The summed E-state index contributed by atoms with van der Waals surface area (Å²) in [6.07, 6.45) is 10.3. The third-order valence-electron chi connectivity index (χ3n) is 7.29. The molecule has 1 spiro atoms. The minimum absolute atomic E-state index is 0.535. The number of benzene rings is 1. The van der Waals surface area contributed by atoms with E-state index in [1.807, 2.05) is 6.20 Å². The van der Waals surface area contributed by atoms with Crippen LogP contribution in [0.2, 0.25) is 0 Å². The van der Waals surface area contributed by atoms with Crippen molar-refractivity contribution in [3.63, 3.8) is 0 Å². The highest BCUT2D eigenvalue weighted by Crippen LogP contribution is 2.49. The third-order valence-corrected chi connectivity index (χ3v) is 7.29. The van der Waals surface area contributed by atoms with Gasteiger partial charge in [0.25, 0.3) is 0 Å². The maximum atomic E-state index is 5.59. The number of ether oxygens (including phenoxy) is 1. The van der Waals surface area contributed by atoms with Crippen LogP contribution in [0.4, 0.5) is 5.69 Å². The number of hydrogen-bond acceptors (Lipinski definition) is 5. The molecule has 5 heteroatoms. The number of para-hydroxylation sites is 1. The number of aromatic nitrogens is 2. The van der Waals surface area contributed by atoms with Crippen LogP contribution in [0, 0.1) is 5.41 Å². The molecule has 2 aromatic rings. The van der Waals surface area contributed by atoms with Crippen LogP contribution in [0.1, 0.15) is 43.6 Å². The van der Waals surface area contributed by atoms with E-state index in [0.29, 0.717) is 11.3 Å². The van der Waals surface area contributed by atoms with Gasteiger partial charge in [-0.05, 0) is 68.8 Å². The molecule has 1 saturated carbocycles. The summed E-state index contributed by atoms with van der Waals surface area (Å²) in [6, 6.07) is 11.4. The molecule has 3 heterocycles. The molecule has 1 aromatic carbocycles. The number of piperidine rings is 1.